The van der Waals surface area contributed by atoms with Gasteiger partial charge in [0, 0.05) is 6.20 Å². The van der Waals surface area contributed by atoms with Crippen molar-refractivity contribution in [2.75, 3.05) is 5.88 Å². The number of carboxylic acid groups (broad SMARTS) is 1. The van der Waals surface area contributed by atoms with E-state index in [2.05, 4.69) is 15.2 Å². The summed E-state index contributed by atoms with van der Waals surface area (Å²) in [6, 6.07) is 2.88. The summed E-state index contributed by atoms with van der Waals surface area (Å²) < 4.78 is 5.01. The number of hydrogen-bond acceptors (Lipinski definition) is 7. The maximum Gasteiger partial charge on any atom is 0.369 e. The third-order valence-corrected chi connectivity index (χ3v) is 3.51. The zero-order chi connectivity index (χ0) is 19.0. The molecule has 0 bridgehead atoms. The maximum absolute atomic E-state index is 12.4. The summed E-state index contributed by atoms with van der Waals surface area (Å²) >= 11 is 11.2. The summed E-state index contributed by atoms with van der Waals surface area (Å²) in [7, 11) is 0. The van der Waals surface area contributed by atoms with Crippen LogP contribution in [0.2, 0.25) is 5.15 Å². The van der Waals surface area contributed by atoms with Crippen molar-refractivity contribution in [2.45, 2.75) is 32.0 Å². The average Bonchev–Trinajstić information content (AvgIpc) is 2.58. The number of aromatic nitrogens is 1. The molecule has 2 unspecified atom stereocenters. The molecular weight excluding hydrogens is 375 g/mol. The molecule has 0 aliphatic rings. The number of alkyl halides is 1. The molecule has 0 saturated carbocycles. The van der Waals surface area contributed by atoms with Crippen molar-refractivity contribution in [3.63, 3.8) is 0 Å². The van der Waals surface area contributed by atoms with E-state index in [4.69, 9.17) is 27.9 Å². The molecule has 0 aliphatic heterocycles. The second-order valence-electron chi connectivity index (χ2n) is 4.83. The molecule has 9 nitrogen and oxygen atoms in total. The minimum atomic E-state index is -2.80. The van der Waals surface area contributed by atoms with Gasteiger partial charge in [-0.2, -0.15) is 0 Å². The highest BCUT2D eigenvalue weighted by Gasteiger charge is 2.51. The maximum atomic E-state index is 12.4. The number of nitrogens with one attached hydrogen (secondary N) is 1. The quantitative estimate of drug-likeness (QED) is 0.230. The normalized spacial score (nSPS) is 14.6. The Balaban J connectivity index is 3.33. The molecule has 1 heterocycles. The molecule has 0 aromatic carbocycles. The number of pyridine rings is 1. The number of azo groups is 1. The molecule has 2 N–H and O–H groups in total. The molecule has 0 radical (unpaired) electrons. The lowest BCUT2D eigenvalue weighted by atomic mass is 10.1. The van der Waals surface area contributed by atoms with Gasteiger partial charge in [0.15, 0.2) is 5.15 Å². The van der Waals surface area contributed by atoms with Crippen LogP contribution in [0, 0.1) is 0 Å². The van der Waals surface area contributed by atoms with Crippen molar-refractivity contribution in [3.8, 4) is 0 Å². The number of carboxylic acids is 1. The van der Waals surface area contributed by atoms with Crippen LogP contribution in [0.5, 0.6) is 0 Å². The Morgan fingerprint density at radius 3 is 2.68 bits per heavy atom. The Morgan fingerprint density at radius 1 is 1.48 bits per heavy atom. The van der Waals surface area contributed by atoms with E-state index in [-0.39, 0.29) is 10.8 Å². The second kappa shape index (κ2) is 9.28. The highest BCUT2D eigenvalue weighted by Crippen LogP contribution is 2.24. The van der Waals surface area contributed by atoms with Gasteiger partial charge >= 0.3 is 17.6 Å². The third kappa shape index (κ3) is 5.36. The van der Waals surface area contributed by atoms with E-state index in [1.807, 2.05) is 5.32 Å². The van der Waals surface area contributed by atoms with Crippen molar-refractivity contribution in [1.29, 1.82) is 0 Å². The van der Waals surface area contributed by atoms with Crippen LogP contribution in [0.1, 0.15) is 20.3 Å². The van der Waals surface area contributed by atoms with E-state index in [1.54, 1.807) is 13.8 Å². The molecule has 11 heteroatoms. The molecule has 0 spiro atoms. The van der Waals surface area contributed by atoms with E-state index in [0.29, 0.717) is 6.42 Å². The topological polar surface area (TPSA) is 130 Å². The van der Waals surface area contributed by atoms with Crippen LogP contribution in [-0.2, 0) is 19.1 Å². The summed E-state index contributed by atoms with van der Waals surface area (Å²) in [5.74, 6) is -4.63. The Morgan fingerprint density at radius 2 is 2.16 bits per heavy atom. The molecule has 0 aliphatic carbocycles. The first-order valence-electron chi connectivity index (χ1n) is 7.11. The van der Waals surface area contributed by atoms with Crippen LogP contribution >= 0.6 is 23.2 Å². The fourth-order valence-corrected chi connectivity index (χ4v) is 1.69. The zero-order valence-electron chi connectivity index (χ0n) is 13.4. The number of aliphatic carboxylic acids is 1. The van der Waals surface area contributed by atoms with Crippen LogP contribution in [0.15, 0.2) is 28.6 Å². The van der Waals surface area contributed by atoms with Crippen molar-refractivity contribution in [3.05, 3.63) is 23.5 Å². The largest absolute Gasteiger partial charge is 0.478 e. The smallest absolute Gasteiger partial charge is 0.369 e. The standard InChI is InChI=1S/C14H16Cl2N4O5/c1-3-8(2)25-13(24)14(12(22)23,18-10(21)7-15)20-19-9-5-4-6-17-11(9)16/h4-6,8H,3,7H2,1-2H3,(H,18,21)(H,22,23). The Hall–Kier alpha value is -2.26. The molecule has 1 rings (SSSR count). The summed E-state index contributed by atoms with van der Waals surface area (Å²) in [6.07, 6.45) is 1.21. The van der Waals surface area contributed by atoms with Gasteiger partial charge < -0.3 is 15.2 Å². The highest BCUT2D eigenvalue weighted by molar-refractivity contribution is 6.31. The predicted molar refractivity (Wildman–Crippen MR) is 88.8 cm³/mol. The summed E-state index contributed by atoms with van der Waals surface area (Å²) in [5, 5.41) is 18.5. The fourth-order valence-electron chi connectivity index (χ4n) is 1.47. The van der Waals surface area contributed by atoms with Gasteiger partial charge in [0.25, 0.3) is 0 Å². The van der Waals surface area contributed by atoms with Gasteiger partial charge in [-0.05, 0) is 25.5 Å². The Bertz CT molecular complexity index is 685. The minimum absolute atomic E-state index is 0.00579. The first-order valence-corrected chi connectivity index (χ1v) is 8.03. The lowest BCUT2D eigenvalue weighted by Gasteiger charge is -2.24. The van der Waals surface area contributed by atoms with Gasteiger partial charge in [0.1, 0.15) is 11.6 Å². The number of nitrogens with zero attached hydrogens (tertiary/aromatic N) is 3. The highest BCUT2D eigenvalue weighted by atomic mass is 35.5. The van der Waals surface area contributed by atoms with Gasteiger partial charge in [0.05, 0.1) is 6.10 Å². The van der Waals surface area contributed by atoms with Crippen molar-refractivity contribution < 1.29 is 24.2 Å². The van der Waals surface area contributed by atoms with Gasteiger partial charge in [-0.25, -0.2) is 14.6 Å². The van der Waals surface area contributed by atoms with Crippen molar-refractivity contribution in [2.24, 2.45) is 10.2 Å². The number of ether oxygens (including phenoxy) is 1. The number of hydrogen-bond donors (Lipinski definition) is 2. The molecule has 25 heavy (non-hydrogen) atoms. The molecule has 1 aromatic rings. The van der Waals surface area contributed by atoms with Crippen molar-refractivity contribution >= 4 is 46.7 Å². The number of carbonyl (C=O) groups is 3. The van der Waals surface area contributed by atoms with Crippen LogP contribution in [0.3, 0.4) is 0 Å². The summed E-state index contributed by atoms with van der Waals surface area (Å²) in [6.45, 7) is 3.29. The lowest BCUT2D eigenvalue weighted by molar-refractivity contribution is -0.168. The van der Waals surface area contributed by atoms with Crippen molar-refractivity contribution in [1.82, 2.24) is 10.3 Å². The van der Waals surface area contributed by atoms with Crippen LogP contribution < -0.4 is 5.32 Å². The van der Waals surface area contributed by atoms with Gasteiger partial charge in [0.2, 0.25) is 5.91 Å². The van der Waals surface area contributed by atoms with Gasteiger partial charge in [-0.15, -0.1) is 21.8 Å². The number of halogens is 2. The first kappa shape index (κ1) is 20.8. The van der Waals surface area contributed by atoms with Gasteiger partial charge in [-0.3, -0.25) is 4.79 Å². The summed E-state index contributed by atoms with van der Waals surface area (Å²) in [5.41, 5.74) is -2.79. The predicted octanol–water partition coefficient (Wildman–Crippen LogP) is 2.30. The average molecular weight is 391 g/mol. The molecular formula is C14H16Cl2N4O5. The van der Waals surface area contributed by atoms with Crippen LogP contribution in [0.25, 0.3) is 0 Å². The fraction of sp³-hybridized carbons (Fsp3) is 0.429. The Labute approximate surface area is 153 Å². The molecule has 136 valence electrons. The SMILES string of the molecule is CCC(C)OC(=O)C(N=Nc1cccnc1Cl)(NC(=O)CCl)C(=O)O. The van der Waals surface area contributed by atoms with Crippen LogP contribution in [-0.4, -0.2) is 45.6 Å². The summed E-state index contributed by atoms with van der Waals surface area (Å²) in [4.78, 5) is 39.5. The van der Waals surface area contributed by atoms with E-state index in [1.165, 1.54) is 18.3 Å². The molecule has 1 aromatic heterocycles. The number of amides is 1. The van der Waals surface area contributed by atoms with E-state index in [0.717, 1.165) is 0 Å². The first-order chi connectivity index (χ1) is 11.8. The molecule has 2 atom stereocenters. The van der Waals surface area contributed by atoms with E-state index in [9.17, 15) is 19.5 Å². The molecule has 0 saturated heterocycles. The number of rotatable bonds is 8. The second-order valence-corrected chi connectivity index (χ2v) is 5.46. The molecule has 0 fully saturated rings. The van der Waals surface area contributed by atoms with Gasteiger partial charge in [-0.1, -0.05) is 18.5 Å². The lowest BCUT2D eigenvalue weighted by Crippen LogP contribution is -2.60. The number of esters is 1. The Kier molecular flexibility index (Phi) is 7.72. The zero-order valence-corrected chi connectivity index (χ0v) is 14.9. The monoisotopic (exact) mass is 390 g/mol. The van der Waals surface area contributed by atoms with E-state index < -0.39 is 35.5 Å². The van der Waals surface area contributed by atoms with E-state index >= 15 is 0 Å². The number of carbonyl (C=O) groups excluding carboxylic acids is 2. The molecule has 1 amide bonds. The van der Waals surface area contributed by atoms with Crippen LogP contribution in [0.4, 0.5) is 5.69 Å². The minimum Gasteiger partial charge on any atom is -0.478 e. The third-order valence-electron chi connectivity index (χ3n) is 2.98.